The van der Waals surface area contributed by atoms with Gasteiger partial charge in [0.05, 0.1) is 18.8 Å². The van der Waals surface area contributed by atoms with Crippen molar-refractivity contribution in [3.05, 3.63) is 47.3 Å². The third-order valence-corrected chi connectivity index (χ3v) is 4.65. The summed E-state index contributed by atoms with van der Waals surface area (Å²) in [4.78, 5) is 14.6. The van der Waals surface area contributed by atoms with E-state index in [0.717, 1.165) is 49.0 Å². The van der Waals surface area contributed by atoms with Crippen LogP contribution in [0.25, 0.3) is 0 Å². The molecule has 1 aliphatic carbocycles. The Hall–Kier alpha value is -2.21. The first-order valence-electron chi connectivity index (χ1n) is 8.64. The van der Waals surface area contributed by atoms with Crippen LogP contribution in [-0.4, -0.2) is 39.0 Å². The summed E-state index contributed by atoms with van der Waals surface area (Å²) in [6.07, 6.45) is 3.44. The molecule has 0 bridgehead atoms. The predicted octanol–water partition coefficient (Wildman–Crippen LogP) is 2.25. The molecule has 1 amide bonds. The second-order valence-electron chi connectivity index (χ2n) is 6.61. The fourth-order valence-electron chi connectivity index (χ4n) is 3.05. The third-order valence-electron chi connectivity index (χ3n) is 4.65. The van der Waals surface area contributed by atoms with Crippen LogP contribution in [0.1, 0.15) is 41.0 Å². The van der Waals surface area contributed by atoms with Gasteiger partial charge in [-0.15, -0.1) is 5.10 Å². The van der Waals surface area contributed by atoms with Crippen LogP contribution in [-0.2, 0) is 24.4 Å². The molecule has 2 aromatic rings. The van der Waals surface area contributed by atoms with E-state index in [2.05, 4.69) is 10.3 Å². The molecule has 6 heteroatoms. The molecule has 4 rings (SSSR count). The molecule has 0 spiro atoms. The fraction of sp³-hybridized carbons (Fsp3) is 0.500. The SMILES string of the molecule is O=C(c1ccccc1)N1CCCn2nnc(COCC3CC3)c2C1. The topological polar surface area (TPSA) is 60.2 Å². The van der Waals surface area contributed by atoms with Gasteiger partial charge in [0.2, 0.25) is 0 Å². The Morgan fingerprint density at radius 1 is 1.21 bits per heavy atom. The van der Waals surface area contributed by atoms with Gasteiger partial charge in [0.1, 0.15) is 5.69 Å². The van der Waals surface area contributed by atoms with Crippen LogP contribution in [0.5, 0.6) is 0 Å². The molecular formula is C18H22N4O2. The molecule has 126 valence electrons. The van der Waals surface area contributed by atoms with Crippen LogP contribution in [0.4, 0.5) is 0 Å². The van der Waals surface area contributed by atoms with Gasteiger partial charge < -0.3 is 9.64 Å². The minimum Gasteiger partial charge on any atom is -0.375 e. The van der Waals surface area contributed by atoms with E-state index < -0.39 is 0 Å². The minimum absolute atomic E-state index is 0.0649. The highest BCUT2D eigenvalue weighted by molar-refractivity contribution is 5.94. The summed E-state index contributed by atoms with van der Waals surface area (Å²) in [5, 5.41) is 8.52. The summed E-state index contributed by atoms with van der Waals surface area (Å²) in [6, 6.07) is 9.44. The van der Waals surface area contributed by atoms with Crippen molar-refractivity contribution in [1.82, 2.24) is 19.9 Å². The lowest BCUT2D eigenvalue weighted by atomic mass is 10.2. The number of carbonyl (C=O) groups is 1. The molecule has 1 aromatic carbocycles. The summed E-state index contributed by atoms with van der Waals surface area (Å²) >= 11 is 0. The van der Waals surface area contributed by atoms with Crippen molar-refractivity contribution in [1.29, 1.82) is 0 Å². The zero-order valence-electron chi connectivity index (χ0n) is 13.7. The zero-order chi connectivity index (χ0) is 16.4. The summed E-state index contributed by atoms with van der Waals surface area (Å²) in [7, 11) is 0. The van der Waals surface area contributed by atoms with Gasteiger partial charge in [0, 0.05) is 25.3 Å². The van der Waals surface area contributed by atoms with Gasteiger partial charge in [-0.05, 0) is 37.3 Å². The summed E-state index contributed by atoms with van der Waals surface area (Å²) in [5.41, 5.74) is 2.60. The Balaban J connectivity index is 1.48. The van der Waals surface area contributed by atoms with Crippen molar-refractivity contribution in [3.63, 3.8) is 0 Å². The van der Waals surface area contributed by atoms with Gasteiger partial charge in [-0.2, -0.15) is 0 Å². The average molecular weight is 326 g/mol. The number of nitrogens with zero attached hydrogens (tertiary/aromatic N) is 4. The number of hydrogen-bond donors (Lipinski definition) is 0. The monoisotopic (exact) mass is 326 g/mol. The maximum absolute atomic E-state index is 12.8. The molecule has 0 saturated heterocycles. The molecule has 1 saturated carbocycles. The molecule has 0 unspecified atom stereocenters. The standard InChI is InChI=1S/C18H22N4O2/c23-18(15-5-2-1-3-6-15)21-9-4-10-22-17(11-21)16(19-20-22)13-24-12-14-7-8-14/h1-3,5-6,14H,4,7-13H2. The Kier molecular flexibility index (Phi) is 4.30. The van der Waals surface area contributed by atoms with Crippen molar-refractivity contribution in [2.45, 2.75) is 39.0 Å². The van der Waals surface area contributed by atoms with Crippen molar-refractivity contribution in [2.75, 3.05) is 13.2 Å². The maximum Gasteiger partial charge on any atom is 0.254 e. The highest BCUT2D eigenvalue weighted by Crippen LogP contribution is 2.29. The van der Waals surface area contributed by atoms with Crippen LogP contribution in [0.2, 0.25) is 0 Å². The number of ether oxygens (including phenoxy) is 1. The zero-order valence-corrected chi connectivity index (χ0v) is 13.7. The van der Waals surface area contributed by atoms with Gasteiger partial charge in [0.25, 0.3) is 5.91 Å². The Bertz CT molecular complexity index is 709. The normalized spacial score (nSPS) is 17.4. The van der Waals surface area contributed by atoms with E-state index in [0.29, 0.717) is 13.2 Å². The number of amides is 1. The van der Waals surface area contributed by atoms with Crippen molar-refractivity contribution >= 4 is 5.91 Å². The lowest BCUT2D eigenvalue weighted by molar-refractivity contribution is 0.0741. The van der Waals surface area contributed by atoms with Crippen molar-refractivity contribution in [2.24, 2.45) is 5.92 Å². The number of rotatable bonds is 5. The highest BCUT2D eigenvalue weighted by atomic mass is 16.5. The molecule has 0 N–H and O–H groups in total. The maximum atomic E-state index is 12.8. The molecule has 2 heterocycles. The largest absolute Gasteiger partial charge is 0.375 e. The van der Waals surface area contributed by atoms with E-state index in [4.69, 9.17) is 4.74 Å². The molecular weight excluding hydrogens is 304 g/mol. The summed E-state index contributed by atoms with van der Waals surface area (Å²) in [6.45, 7) is 3.37. The number of benzene rings is 1. The quantitative estimate of drug-likeness (QED) is 0.845. The number of fused-ring (bicyclic) bond motifs is 1. The third kappa shape index (κ3) is 3.33. The average Bonchev–Trinajstić information content (AvgIpc) is 3.40. The van der Waals surface area contributed by atoms with E-state index in [9.17, 15) is 4.79 Å². The number of hydrogen-bond acceptors (Lipinski definition) is 4. The van der Waals surface area contributed by atoms with Crippen LogP contribution in [0.3, 0.4) is 0 Å². The number of aryl methyl sites for hydroxylation is 1. The predicted molar refractivity (Wildman–Crippen MR) is 88.2 cm³/mol. The Morgan fingerprint density at radius 3 is 2.83 bits per heavy atom. The lowest BCUT2D eigenvalue weighted by Crippen LogP contribution is -2.31. The van der Waals surface area contributed by atoms with Crippen LogP contribution < -0.4 is 0 Å². The number of aromatic nitrogens is 3. The van der Waals surface area contributed by atoms with Crippen molar-refractivity contribution < 1.29 is 9.53 Å². The first-order valence-corrected chi connectivity index (χ1v) is 8.64. The molecule has 1 fully saturated rings. The van der Waals surface area contributed by atoms with Gasteiger partial charge >= 0.3 is 0 Å². The first kappa shape index (κ1) is 15.3. The van der Waals surface area contributed by atoms with Gasteiger partial charge in [-0.25, -0.2) is 4.68 Å². The van der Waals surface area contributed by atoms with Gasteiger partial charge in [-0.3, -0.25) is 4.79 Å². The first-order chi connectivity index (χ1) is 11.8. The van der Waals surface area contributed by atoms with Crippen LogP contribution in [0, 0.1) is 5.92 Å². The van der Waals surface area contributed by atoms with Crippen LogP contribution in [0.15, 0.2) is 30.3 Å². The molecule has 2 aliphatic rings. The second-order valence-corrected chi connectivity index (χ2v) is 6.61. The van der Waals surface area contributed by atoms with Crippen molar-refractivity contribution in [3.8, 4) is 0 Å². The molecule has 24 heavy (non-hydrogen) atoms. The Morgan fingerprint density at radius 2 is 2.04 bits per heavy atom. The smallest absolute Gasteiger partial charge is 0.254 e. The Labute approximate surface area is 141 Å². The molecule has 1 aliphatic heterocycles. The summed E-state index contributed by atoms with van der Waals surface area (Å²) < 4.78 is 7.69. The van der Waals surface area contributed by atoms with Crippen LogP contribution >= 0.6 is 0 Å². The highest BCUT2D eigenvalue weighted by Gasteiger charge is 2.25. The van der Waals surface area contributed by atoms with E-state index in [1.807, 2.05) is 39.9 Å². The molecule has 1 aromatic heterocycles. The lowest BCUT2D eigenvalue weighted by Gasteiger charge is -2.20. The molecule has 0 atom stereocenters. The van der Waals surface area contributed by atoms with E-state index in [-0.39, 0.29) is 5.91 Å². The molecule has 6 nitrogen and oxygen atoms in total. The summed E-state index contributed by atoms with van der Waals surface area (Å²) in [5.74, 6) is 0.797. The van der Waals surface area contributed by atoms with E-state index in [1.165, 1.54) is 12.8 Å². The fourth-order valence-corrected chi connectivity index (χ4v) is 3.05. The second kappa shape index (κ2) is 6.73. The van der Waals surface area contributed by atoms with Gasteiger partial charge in [0.15, 0.2) is 0 Å². The minimum atomic E-state index is 0.0649. The van der Waals surface area contributed by atoms with E-state index >= 15 is 0 Å². The van der Waals surface area contributed by atoms with Gasteiger partial charge in [-0.1, -0.05) is 23.4 Å². The molecule has 0 radical (unpaired) electrons. The number of carbonyl (C=O) groups excluding carboxylic acids is 1. The van der Waals surface area contributed by atoms with E-state index in [1.54, 1.807) is 0 Å².